The van der Waals surface area contributed by atoms with E-state index in [1.54, 1.807) is 23.6 Å². The Kier molecular flexibility index (Phi) is 5.33. The summed E-state index contributed by atoms with van der Waals surface area (Å²) in [7, 11) is 3.54. The van der Waals surface area contributed by atoms with E-state index in [-0.39, 0.29) is 12.5 Å². The minimum Gasteiger partial charge on any atom is -0.384 e. The molecular weight excluding hydrogens is 388 g/mol. The molecule has 0 bridgehead atoms. The number of fused-ring (bicyclic) bond motifs is 1. The fourth-order valence-corrected chi connectivity index (χ4v) is 4.00. The third kappa shape index (κ3) is 3.94. The summed E-state index contributed by atoms with van der Waals surface area (Å²) < 4.78 is 1.70. The van der Waals surface area contributed by atoms with Crippen molar-refractivity contribution in [2.45, 2.75) is 19.4 Å². The maximum absolute atomic E-state index is 13.6. The van der Waals surface area contributed by atoms with Gasteiger partial charge in [-0.25, -0.2) is 4.98 Å². The van der Waals surface area contributed by atoms with Crippen LogP contribution in [0.25, 0.3) is 22.3 Å². The quantitative estimate of drug-likeness (QED) is 0.537. The van der Waals surface area contributed by atoms with Crippen molar-refractivity contribution in [3.8, 4) is 11.3 Å². The fraction of sp³-hybridized carbons (Fsp3) is 0.240. The first kappa shape index (κ1) is 20.8. The topological polar surface area (TPSA) is 71.2 Å². The lowest BCUT2D eigenvalue weighted by Crippen LogP contribution is -2.40. The SMILES string of the molecule is Cc1nn(C)c2nc(-c3ccccc3)cc(C(=O)N(C)CC(C)(O)c3ccccc3)c12. The Labute approximate surface area is 181 Å². The summed E-state index contributed by atoms with van der Waals surface area (Å²) in [5.74, 6) is -0.183. The number of carbonyl (C=O) groups excluding carboxylic acids is 1. The van der Waals surface area contributed by atoms with Crippen LogP contribution < -0.4 is 0 Å². The number of amides is 1. The average molecular weight is 415 g/mol. The monoisotopic (exact) mass is 414 g/mol. The largest absolute Gasteiger partial charge is 0.384 e. The number of hydrogen-bond acceptors (Lipinski definition) is 4. The van der Waals surface area contributed by atoms with Crippen LogP contribution in [0.3, 0.4) is 0 Å². The number of hydrogen-bond donors (Lipinski definition) is 1. The van der Waals surface area contributed by atoms with E-state index in [2.05, 4.69) is 5.10 Å². The fourth-order valence-electron chi connectivity index (χ4n) is 4.00. The molecule has 0 aliphatic heterocycles. The predicted molar refractivity (Wildman–Crippen MR) is 122 cm³/mol. The van der Waals surface area contributed by atoms with Gasteiger partial charge in [0, 0.05) is 19.7 Å². The van der Waals surface area contributed by atoms with E-state index in [1.165, 1.54) is 0 Å². The zero-order valence-electron chi connectivity index (χ0n) is 18.2. The second-order valence-electron chi connectivity index (χ2n) is 8.13. The lowest BCUT2D eigenvalue weighted by molar-refractivity contribution is 0.0214. The number of carbonyl (C=O) groups is 1. The number of rotatable bonds is 5. The van der Waals surface area contributed by atoms with E-state index >= 15 is 0 Å². The van der Waals surface area contributed by atoms with Crippen molar-refractivity contribution in [1.82, 2.24) is 19.7 Å². The summed E-state index contributed by atoms with van der Waals surface area (Å²) in [6.45, 7) is 3.75. The smallest absolute Gasteiger partial charge is 0.254 e. The summed E-state index contributed by atoms with van der Waals surface area (Å²) in [5, 5.41) is 16.3. The summed E-state index contributed by atoms with van der Waals surface area (Å²) in [5.41, 5.74) is 3.16. The van der Waals surface area contributed by atoms with Crippen LogP contribution in [0, 0.1) is 6.92 Å². The lowest BCUT2D eigenvalue weighted by atomic mass is 9.95. The first-order valence-corrected chi connectivity index (χ1v) is 10.2. The highest BCUT2D eigenvalue weighted by Crippen LogP contribution is 2.29. The summed E-state index contributed by atoms with van der Waals surface area (Å²) in [6.07, 6.45) is 0. The molecular formula is C25H26N4O2. The van der Waals surface area contributed by atoms with Gasteiger partial charge in [-0.05, 0) is 25.5 Å². The van der Waals surface area contributed by atoms with E-state index in [0.717, 1.165) is 22.2 Å². The van der Waals surface area contributed by atoms with Gasteiger partial charge in [0.2, 0.25) is 0 Å². The molecule has 1 unspecified atom stereocenters. The Morgan fingerprint density at radius 1 is 1.10 bits per heavy atom. The lowest BCUT2D eigenvalue weighted by Gasteiger charge is -2.30. The molecule has 31 heavy (non-hydrogen) atoms. The van der Waals surface area contributed by atoms with Crippen molar-refractivity contribution < 1.29 is 9.90 Å². The highest BCUT2D eigenvalue weighted by Gasteiger charge is 2.29. The standard InChI is InChI=1S/C25H26N4O2/c1-17-22-20(24(30)28(3)16-25(2,31)19-13-9-6-10-14-19)15-21(18-11-7-5-8-12-18)26-23(22)29(4)27-17/h5-15,31H,16H2,1-4H3. The molecule has 1 N–H and O–H groups in total. The number of benzene rings is 2. The summed E-state index contributed by atoms with van der Waals surface area (Å²) >= 11 is 0. The van der Waals surface area contributed by atoms with Gasteiger partial charge in [0.15, 0.2) is 5.65 Å². The van der Waals surface area contributed by atoms with Crippen molar-refractivity contribution in [3.05, 3.63) is 83.6 Å². The van der Waals surface area contributed by atoms with Gasteiger partial charge in [0.1, 0.15) is 5.60 Å². The van der Waals surface area contributed by atoms with Crippen LogP contribution >= 0.6 is 0 Å². The Hall–Kier alpha value is -3.51. The van der Waals surface area contributed by atoms with Crippen LogP contribution in [-0.4, -0.2) is 44.3 Å². The van der Waals surface area contributed by atoms with Gasteiger partial charge in [0.25, 0.3) is 5.91 Å². The van der Waals surface area contributed by atoms with Crippen molar-refractivity contribution >= 4 is 16.9 Å². The van der Waals surface area contributed by atoms with E-state index in [0.29, 0.717) is 16.9 Å². The molecule has 0 saturated heterocycles. The van der Waals surface area contributed by atoms with Gasteiger partial charge < -0.3 is 10.0 Å². The molecule has 4 rings (SSSR count). The van der Waals surface area contributed by atoms with E-state index < -0.39 is 5.60 Å². The number of nitrogens with zero attached hydrogens (tertiary/aromatic N) is 4. The molecule has 2 heterocycles. The van der Waals surface area contributed by atoms with Gasteiger partial charge in [-0.2, -0.15) is 5.10 Å². The second kappa shape index (κ2) is 7.96. The number of aliphatic hydroxyl groups is 1. The maximum atomic E-state index is 13.6. The highest BCUT2D eigenvalue weighted by molar-refractivity contribution is 6.07. The zero-order chi connectivity index (χ0) is 22.2. The molecule has 0 aliphatic carbocycles. The molecule has 0 spiro atoms. The Morgan fingerprint density at radius 2 is 1.71 bits per heavy atom. The van der Waals surface area contributed by atoms with E-state index in [1.807, 2.05) is 80.7 Å². The van der Waals surface area contributed by atoms with E-state index in [9.17, 15) is 9.90 Å². The Morgan fingerprint density at radius 3 is 2.35 bits per heavy atom. The molecule has 2 aromatic carbocycles. The Balaban J connectivity index is 1.76. The summed E-state index contributed by atoms with van der Waals surface area (Å²) in [6, 6.07) is 21.0. The van der Waals surface area contributed by atoms with Crippen LogP contribution in [0.2, 0.25) is 0 Å². The molecule has 0 saturated carbocycles. The third-order valence-corrected chi connectivity index (χ3v) is 5.56. The van der Waals surface area contributed by atoms with Gasteiger partial charge in [-0.1, -0.05) is 60.7 Å². The summed E-state index contributed by atoms with van der Waals surface area (Å²) in [4.78, 5) is 19.9. The molecule has 158 valence electrons. The predicted octanol–water partition coefficient (Wildman–Crippen LogP) is 3.92. The van der Waals surface area contributed by atoms with Crippen LogP contribution in [0.4, 0.5) is 0 Å². The third-order valence-electron chi connectivity index (χ3n) is 5.56. The van der Waals surface area contributed by atoms with Crippen LogP contribution in [-0.2, 0) is 12.6 Å². The van der Waals surface area contributed by atoms with Crippen molar-refractivity contribution in [2.24, 2.45) is 7.05 Å². The first-order chi connectivity index (χ1) is 14.8. The van der Waals surface area contributed by atoms with Crippen molar-refractivity contribution in [3.63, 3.8) is 0 Å². The van der Waals surface area contributed by atoms with Crippen molar-refractivity contribution in [2.75, 3.05) is 13.6 Å². The number of aryl methyl sites for hydroxylation is 2. The van der Waals surface area contributed by atoms with Crippen molar-refractivity contribution in [1.29, 1.82) is 0 Å². The van der Waals surface area contributed by atoms with Gasteiger partial charge in [-0.15, -0.1) is 0 Å². The minimum absolute atomic E-state index is 0.152. The molecule has 0 aliphatic rings. The van der Waals surface area contributed by atoms with Gasteiger partial charge in [0.05, 0.1) is 28.9 Å². The number of pyridine rings is 1. The van der Waals surface area contributed by atoms with Crippen LogP contribution in [0.15, 0.2) is 66.7 Å². The molecule has 1 amide bonds. The molecule has 1 atom stereocenters. The molecule has 4 aromatic rings. The normalized spacial score (nSPS) is 13.2. The minimum atomic E-state index is -1.18. The number of likely N-dealkylation sites (N-methyl/N-ethyl adjacent to an activating group) is 1. The molecule has 6 nitrogen and oxygen atoms in total. The van der Waals surface area contributed by atoms with Crippen LogP contribution in [0.1, 0.15) is 28.5 Å². The molecule has 0 radical (unpaired) electrons. The average Bonchev–Trinajstić information content (AvgIpc) is 3.07. The molecule has 2 aromatic heterocycles. The van der Waals surface area contributed by atoms with E-state index in [4.69, 9.17) is 4.98 Å². The number of aromatic nitrogens is 3. The van der Waals surface area contributed by atoms with Gasteiger partial charge >= 0.3 is 0 Å². The molecule has 0 fully saturated rings. The van der Waals surface area contributed by atoms with Gasteiger partial charge in [-0.3, -0.25) is 9.48 Å². The Bertz CT molecular complexity index is 1230. The second-order valence-corrected chi connectivity index (χ2v) is 8.13. The zero-order valence-corrected chi connectivity index (χ0v) is 18.2. The first-order valence-electron chi connectivity index (χ1n) is 10.2. The highest BCUT2D eigenvalue weighted by atomic mass is 16.3. The van der Waals surface area contributed by atoms with Crippen LogP contribution in [0.5, 0.6) is 0 Å². The molecule has 6 heteroatoms. The maximum Gasteiger partial charge on any atom is 0.254 e.